The van der Waals surface area contributed by atoms with Crippen LogP contribution in [0.4, 0.5) is 14.5 Å². The summed E-state index contributed by atoms with van der Waals surface area (Å²) in [5.41, 5.74) is 0.511. The topological polar surface area (TPSA) is 20.3 Å². The van der Waals surface area contributed by atoms with E-state index in [4.69, 9.17) is 0 Å². The van der Waals surface area contributed by atoms with Crippen LogP contribution >= 0.6 is 0 Å². The summed E-state index contributed by atoms with van der Waals surface area (Å²) in [6, 6.07) is 4.30. The van der Waals surface area contributed by atoms with Gasteiger partial charge in [-0.2, -0.15) is 0 Å². The molecule has 2 rings (SSSR count). The smallest absolute Gasteiger partial charge is 0.152 e. The Kier molecular flexibility index (Phi) is 2.66. The summed E-state index contributed by atoms with van der Waals surface area (Å²) in [6.07, 6.45) is 0.0699. The summed E-state index contributed by atoms with van der Waals surface area (Å²) < 4.78 is 26.5. The highest BCUT2D eigenvalue weighted by Crippen LogP contribution is 2.27. The molecule has 1 aromatic carbocycles. The Balaban J connectivity index is 2.37. The molecule has 0 N–H and O–H groups in total. The zero-order valence-corrected chi connectivity index (χ0v) is 8.12. The van der Waals surface area contributed by atoms with Gasteiger partial charge in [-0.25, -0.2) is 8.78 Å². The van der Waals surface area contributed by atoms with E-state index in [0.717, 1.165) is 0 Å². The highest BCUT2D eigenvalue weighted by molar-refractivity contribution is 5.85. The second-order valence-electron chi connectivity index (χ2n) is 3.63. The molecule has 15 heavy (non-hydrogen) atoms. The van der Waals surface area contributed by atoms with Crippen LogP contribution in [-0.4, -0.2) is 25.5 Å². The Morgan fingerprint density at radius 3 is 2.87 bits per heavy atom. The third-order valence-corrected chi connectivity index (χ3v) is 2.59. The number of nitrogens with zero attached hydrogens (tertiary/aromatic N) is 1. The summed E-state index contributed by atoms with van der Waals surface area (Å²) in [7, 11) is 0. The number of carbonyl (C=O) groups excluding carboxylic acids is 1. The Morgan fingerprint density at radius 1 is 1.47 bits per heavy atom. The molecule has 0 amide bonds. The first kappa shape index (κ1) is 10.1. The van der Waals surface area contributed by atoms with Crippen molar-refractivity contribution < 1.29 is 13.6 Å². The van der Waals surface area contributed by atoms with E-state index in [1.54, 1.807) is 4.90 Å². The van der Waals surface area contributed by atoms with Crippen LogP contribution in [-0.2, 0) is 0 Å². The number of para-hydroxylation sites is 1. The number of rotatable bonds is 2. The molecule has 1 heterocycles. The fourth-order valence-electron chi connectivity index (χ4n) is 1.88. The minimum Gasteiger partial charge on any atom is -0.366 e. The highest BCUT2D eigenvalue weighted by Gasteiger charge is 2.25. The average Bonchev–Trinajstić information content (AvgIpc) is 2.64. The molecule has 1 aliphatic rings. The fraction of sp³-hybridized carbons (Fsp3) is 0.364. The number of hydrogen-bond acceptors (Lipinski definition) is 2. The van der Waals surface area contributed by atoms with Crippen LogP contribution in [0.3, 0.4) is 0 Å². The number of benzene rings is 1. The first-order valence-electron chi connectivity index (χ1n) is 4.85. The average molecular weight is 211 g/mol. The first-order valence-corrected chi connectivity index (χ1v) is 4.85. The normalized spacial score (nSPS) is 20.7. The molecular weight excluding hydrogens is 200 g/mol. The van der Waals surface area contributed by atoms with Crippen molar-refractivity contribution in [3.05, 3.63) is 29.6 Å². The molecule has 0 aromatic heterocycles. The maximum atomic E-state index is 13.5. The fourth-order valence-corrected chi connectivity index (χ4v) is 1.88. The van der Waals surface area contributed by atoms with Crippen molar-refractivity contribution in [1.82, 2.24) is 0 Å². The van der Waals surface area contributed by atoms with Gasteiger partial charge >= 0.3 is 0 Å². The molecule has 1 saturated heterocycles. The van der Waals surface area contributed by atoms with Gasteiger partial charge in [-0.15, -0.1) is 0 Å². The van der Waals surface area contributed by atoms with Crippen molar-refractivity contribution in [2.45, 2.75) is 12.6 Å². The third kappa shape index (κ3) is 1.84. The van der Waals surface area contributed by atoms with Crippen molar-refractivity contribution in [3.63, 3.8) is 0 Å². The number of halogens is 2. The van der Waals surface area contributed by atoms with Gasteiger partial charge in [0.15, 0.2) is 6.29 Å². The standard InChI is InChI=1S/C11H11F2NO/c12-9-4-5-14(6-9)11-8(7-15)2-1-3-10(11)13/h1-3,7,9H,4-6H2/t9-/m0/s1. The molecule has 0 aliphatic carbocycles. The number of carbonyl (C=O) groups is 1. The number of hydrogen-bond donors (Lipinski definition) is 0. The van der Waals surface area contributed by atoms with Gasteiger partial charge in [0.05, 0.1) is 5.69 Å². The molecule has 2 nitrogen and oxygen atoms in total. The predicted octanol–water partition coefficient (Wildman–Crippen LogP) is 2.19. The van der Waals surface area contributed by atoms with Crippen molar-refractivity contribution in [3.8, 4) is 0 Å². The molecule has 0 radical (unpaired) electrons. The van der Waals surface area contributed by atoms with Crippen LogP contribution in [0.1, 0.15) is 16.8 Å². The molecule has 0 saturated carbocycles. The van der Waals surface area contributed by atoms with Gasteiger partial charge in [0.1, 0.15) is 12.0 Å². The van der Waals surface area contributed by atoms with Gasteiger partial charge in [0.25, 0.3) is 0 Å². The summed E-state index contributed by atoms with van der Waals surface area (Å²) in [4.78, 5) is 12.3. The zero-order valence-electron chi connectivity index (χ0n) is 8.12. The van der Waals surface area contributed by atoms with E-state index in [-0.39, 0.29) is 17.8 Å². The monoisotopic (exact) mass is 211 g/mol. The lowest BCUT2D eigenvalue weighted by atomic mass is 10.1. The van der Waals surface area contributed by atoms with Gasteiger partial charge in [0, 0.05) is 18.7 Å². The van der Waals surface area contributed by atoms with Crippen LogP contribution in [0.25, 0.3) is 0 Å². The summed E-state index contributed by atoms with van der Waals surface area (Å²) in [6.45, 7) is 0.630. The SMILES string of the molecule is O=Cc1cccc(F)c1N1CC[C@H](F)C1. The largest absolute Gasteiger partial charge is 0.366 e. The van der Waals surface area contributed by atoms with Crippen LogP contribution < -0.4 is 4.90 Å². The van der Waals surface area contributed by atoms with E-state index in [1.165, 1.54) is 18.2 Å². The molecular formula is C11H11F2NO. The lowest BCUT2D eigenvalue weighted by molar-refractivity contribution is 0.112. The van der Waals surface area contributed by atoms with E-state index < -0.39 is 12.0 Å². The molecule has 0 unspecified atom stereocenters. The molecule has 1 aliphatic heterocycles. The molecule has 4 heteroatoms. The molecule has 1 fully saturated rings. The van der Waals surface area contributed by atoms with E-state index >= 15 is 0 Å². The maximum absolute atomic E-state index is 13.5. The minimum absolute atomic E-state index is 0.168. The number of aldehydes is 1. The number of anilines is 1. The number of alkyl halides is 1. The van der Waals surface area contributed by atoms with E-state index in [9.17, 15) is 13.6 Å². The Labute approximate surface area is 86.5 Å². The third-order valence-electron chi connectivity index (χ3n) is 2.59. The van der Waals surface area contributed by atoms with E-state index in [0.29, 0.717) is 19.3 Å². The minimum atomic E-state index is -0.927. The Hall–Kier alpha value is -1.45. The quantitative estimate of drug-likeness (QED) is 0.699. The van der Waals surface area contributed by atoms with Crippen LogP contribution in [0.5, 0.6) is 0 Å². The second kappa shape index (κ2) is 3.96. The van der Waals surface area contributed by atoms with Gasteiger partial charge in [0.2, 0.25) is 0 Å². The summed E-state index contributed by atoms with van der Waals surface area (Å²) in [5, 5.41) is 0. The highest BCUT2D eigenvalue weighted by atomic mass is 19.1. The Bertz CT molecular complexity index is 381. The van der Waals surface area contributed by atoms with E-state index in [1.807, 2.05) is 0 Å². The summed E-state index contributed by atoms with van der Waals surface area (Å²) in [5.74, 6) is -0.464. The second-order valence-corrected chi connectivity index (χ2v) is 3.63. The lowest BCUT2D eigenvalue weighted by Gasteiger charge is -2.19. The van der Waals surface area contributed by atoms with Gasteiger partial charge < -0.3 is 4.90 Å². The van der Waals surface area contributed by atoms with Gasteiger partial charge in [-0.1, -0.05) is 6.07 Å². The maximum Gasteiger partial charge on any atom is 0.152 e. The van der Waals surface area contributed by atoms with Crippen molar-refractivity contribution in [2.75, 3.05) is 18.0 Å². The van der Waals surface area contributed by atoms with Gasteiger partial charge in [-0.3, -0.25) is 4.79 Å². The summed E-state index contributed by atoms with van der Waals surface area (Å²) >= 11 is 0. The predicted molar refractivity (Wildman–Crippen MR) is 53.5 cm³/mol. The molecule has 1 aromatic rings. The molecule has 0 spiro atoms. The van der Waals surface area contributed by atoms with Crippen LogP contribution in [0, 0.1) is 5.82 Å². The van der Waals surface area contributed by atoms with Crippen molar-refractivity contribution >= 4 is 12.0 Å². The van der Waals surface area contributed by atoms with E-state index in [2.05, 4.69) is 0 Å². The Morgan fingerprint density at radius 2 is 2.27 bits per heavy atom. The molecule has 80 valence electrons. The lowest BCUT2D eigenvalue weighted by Crippen LogP contribution is -2.22. The van der Waals surface area contributed by atoms with Gasteiger partial charge in [-0.05, 0) is 18.6 Å². The zero-order chi connectivity index (χ0) is 10.8. The van der Waals surface area contributed by atoms with Crippen molar-refractivity contribution in [1.29, 1.82) is 0 Å². The molecule has 0 bridgehead atoms. The van der Waals surface area contributed by atoms with Crippen molar-refractivity contribution in [2.24, 2.45) is 0 Å². The molecule has 1 atom stereocenters. The first-order chi connectivity index (χ1) is 7.22. The van der Waals surface area contributed by atoms with Crippen LogP contribution in [0.2, 0.25) is 0 Å². The van der Waals surface area contributed by atoms with Crippen LogP contribution in [0.15, 0.2) is 18.2 Å².